The molecule has 4 nitrogen and oxygen atoms in total. The molecule has 2 rings (SSSR count). The summed E-state index contributed by atoms with van der Waals surface area (Å²) in [6.07, 6.45) is 0.319. The molecule has 0 saturated heterocycles. The van der Waals surface area contributed by atoms with Gasteiger partial charge in [0.1, 0.15) is 0 Å². The fourth-order valence-corrected chi connectivity index (χ4v) is 2.66. The Bertz CT molecular complexity index is 800. The van der Waals surface area contributed by atoms with Crippen LogP contribution < -0.4 is 5.73 Å². The van der Waals surface area contributed by atoms with Crippen molar-refractivity contribution in [2.75, 3.05) is 12.3 Å². The molecule has 2 aromatic carbocycles. The second kappa shape index (κ2) is 7.12. The van der Waals surface area contributed by atoms with Crippen molar-refractivity contribution in [3.05, 3.63) is 59.7 Å². The van der Waals surface area contributed by atoms with E-state index in [0.717, 1.165) is 11.1 Å². The summed E-state index contributed by atoms with van der Waals surface area (Å²) in [6, 6.07) is 13.7. The van der Waals surface area contributed by atoms with Crippen LogP contribution >= 0.6 is 0 Å². The molecule has 0 aliphatic carbocycles. The Hall–Kier alpha value is -2.29. The molecule has 0 unspecified atom stereocenters. The number of aryl methyl sites for hydroxylation is 1. The second-order valence-corrected chi connectivity index (χ2v) is 6.38. The van der Waals surface area contributed by atoms with Gasteiger partial charge in [-0.25, -0.2) is 0 Å². The van der Waals surface area contributed by atoms with Crippen LogP contribution in [0.2, 0.25) is 0 Å². The zero-order chi connectivity index (χ0) is 16.0. The molecule has 0 spiro atoms. The van der Waals surface area contributed by atoms with Gasteiger partial charge in [0.05, 0.1) is 11.5 Å². The zero-order valence-electron chi connectivity index (χ0n) is 12.2. The van der Waals surface area contributed by atoms with Crippen molar-refractivity contribution < 1.29 is 12.6 Å². The minimum Gasteiger partial charge on any atom is -0.399 e. The van der Waals surface area contributed by atoms with Crippen LogP contribution in [0.1, 0.15) is 17.5 Å². The lowest BCUT2D eigenvalue weighted by Gasteiger charge is -2.04. The van der Waals surface area contributed by atoms with E-state index in [9.17, 15) is 8.42 Å². The van der Waals surface area contributed by atoms with Crippen LogP contribution in [0.3, 0.4) is 0 Å². The predicted molar refractivity (Wildman–Crippen MR) is 86.7 cm³/mol. The molecule has 0 aliphatic rings. The predicted octanol–water partition coefficient (Wildman–Crippen LogP) is 2.72. The quantitative estimate of drug-likeness (QED) is 0.408. The SMILES string of the molecule is Cc1ccc(S(=O)(=O)OCCC#Cc2cccc(N)c2)cc1. The Morgan fingerprint density at radius 1 is 1.14 bits per heavy atom. The number of benzene rings is 2. The minimum absolute atomic E-state index is 0.0194. The van der Waals surface area contributed by atoms with Gasteiger partial charge in [0.15, 0.2) is 0 Å². The van der Waals surface area contributed by atoms with E-state index >= 15 is 0 Å². The van der Waals surface area contributed by atoms with Gasteiger partial charge in [-0.15, -0.1) is 0 Å². The highest BCUT2D eigenvalue weighted by atomic mass is 32.2. The Labute approximate surface area is 131 Å². The van der Waals surface area contributed by atoms with Crippen LogP contribution in [0.15, 0.2) is 53.4 Å². The summed E-state index contributed by atoms with van der Waals surface area (Å²) < 4.78 is 28.8. The molecule has 0 aromatic heterocycles. The molecule has 0 heterocycles. The number of anilines is 1. The summed E-state index contributed by atoms with van der Waals surface area (Å²) in [7, 11) is -3.72. The average molecular weight is 315 g/mol. The molecule has 0 aliphatic heterocycles. The fraction of sp³-hybridized carbons (Fsp3) is 0.176. The largest absolute Gasteiger partial charge is 0.399 e. The number of nitrogens with two attached hydrogens (primary N) is 1. The van der Waals surface area contributed by atoms with Crippen LogP contribution in [0.4, 0.5) is 5.69 Å². The lowest BCUT2D eigenvalue weighted by molar-refractivity contribution is 0.326. The highest BCUT2D eigenvalue weighted by molar-refractivity contribution is 7.86. The highest BCUT2D eigenvalue weighted by Gasteiger charge is 2.13. The van der Waals surface area contributed by atoms with Crippen LogP contribution in [0.25, 0.3) is 0 Å². The van der Waals surface area contributed by atoms with E-state index in [4.69, 9.17) is 9.92 Å². The smallest absolute Gasteiger partial charge is 0.297 e. The van der Waals surface area contributed by atoms with E-state index < -0.39 is 10.1 Å². The molecular weight excluding hydrogens is 298 g/mol. The van der Waals surface area contributed by atoms with Gasteiger partial charge >= 0.3 is 0 Å². The first-order valence-corrected chi connectivity index (χ1v) is 8.19. The molecule has 0 radical (unpaired) electrons. The molecule has 114 valence electrons. The van der Waals surface area contributed by atoms with Gasteiger partial charge in [0.25, 0.3) is 10.1 Å². The molecule has 2 N–H and O–H groups in total. The lowest BCUT2D eigenvalue weighted by Crippen LogP contribution is -2.07. The van der Waals surface area contributed by atoms with Gasteiger partial charge in [-0.3, -0.25) is 4.18 Å². The second-order valence-electron chi connectivity index (χ2n) is 4.77. The summed E-state index contributed by atoms with van der Waals surface area (Å²) in [5.41, 5.74) is 8.08. The molecule has 0 saturated carbocycles. The zero-order valence-corrected chi connectivity index (χ0v) is 13.1. The third kappa shape index (κ3) is 4.62. The van der Waals surface area contributed by atoms with Crippen LogP contribution in [-0.4, -0.2) is 15.0 Å². The maximum Gasteiger partial charge on any atom is 0.297 e. The Kier molecular flexibility index (Phi) is 5.21. The van der Waals surface area contributed by atoms with Gasteiger partial charge in [-0.2, -0.15) is 8.42 Å². The molecule has 0 bridgehead atoms. The van der Waals surface area contributed by atoms with E-state index in [1.807, 2.05) is 19.1 Å². The standard InChI is InChI=1S/C17H17NO3S/c1-14-8-10-17(11-9-14)22(19,20)21-12-3-2-5-15-6-4-7-16(18)13-15/h4,6-11,13H,3,12,18H2,1H3. The molecule has 22 heavy (non-hydrogen) atoms. The van der Waals surface area contributed by atoms with Crippen LogP contribution in [-0.2, 0) is 14.3 Å². The van der Waals surface area contributed by atoms with Crippen molar-refractivity contribution in [2.45, 2.75) is 18.2 Å². The van der Waals surface area contributed by atoms with Crippen molar-refractivity contribution >= 4 is 15.8 Å². The summed E-state index contributed by atoms with van der Waals surface area (Å²) >= 11 is 0. The van der Waals surface area contributed by atoms with Crippen molar-refractivity contribution in [1.82, 2.24) is 0 Å². The van der Waals surface area contributed by atoms with Crippen molar-refractivity contribution in [1.29, 1.82) is 0 Å². The number of hydrogen-bond donors (Lipinski definition) is 1. The average Bonchev–Trinajstić information content (AvgIpc) is 2.47. The van der Waals surface area contributed by atoms with Crippen molar-refractivity contribution in [3.8, 4) is 11.8 Å². The maximum atomic E-state index is 11.9. The Morgan fingerprint density at radius 2 is 1.86 bits per heavy atom. The topological polar surface area (TPSA) is 69.4 Å². The number of nitrogen functional groups attached to an aromatic ring is 1. The molecular formula is C17H17NO3S. The van der Waals surface area contributed by atoms with E-state index in [2.05, 4.69) is 11.8 Å². The molecule has 0 amide bonds. The summed E-state index contributed by atoms with van der Waals surface area (Å²) in [4.78, 5) is 0.155. The van der Waals surface area contributed by atoms with Crippen molar-refractivity contribution in [2.24, 2.45) is 0 Å². The van der Waals surface area contributed by atoms with E-state index in [1.54, 1.807) is 24.3 Å². The summed E-state index contributed by atoms with van der Waals surface area (Å²) in [6.45, 7) is 1.91. The number of rotatable bonds is 4. The lowest BCUT2D eigenvalue weighted by atomic mass is 10.2. The molecule has 5 heteroatoms. The van der Waals surface area contributed by atoms with Crippen molar-refractivity contribution in [3.63, 3.8) is 0 Å². The van der Waals surface area contributed by atoms with Gasteiger partial charge in [-0.1, -0.05) is 35.6 Å². The number of hydrogen-bond acceptors (Lipinski definition) is 4. The van der Waals surface area contributed by atoms with Crippen LogP contribution in [0.5, 0.6) is 0 Å². The Morgan fingerprint density at radius 3 is 2.55 bits per heavy atom. The third-order valence-electron chi connectivity index (χ3n) is 2.89. The van der Waals surface area contributed by atoms with Gasteiger partial charge in [-0.05, 0) is 37.3 Å². The third-order valence-corrected chi connectivity index (χ3v) is 4.22. The first-order chi connectivity index (χ1) is 10.5. The minimum atomic E-state index is -3.72. The van der Waals surface area contributed by atoms with E-state index in [-0.39, 0.29) is 11.5 Å². The van der Waals surface area contributed by atoms with Crippen LogP contribution in [0, 0.1) is 18.8 Å². The van der Waals surface area contributed by atoms with E-state index in [0.29, 0.717) is 12.1 Å². The normalized spacial score (nSPS) is 10.8. The Balaban J connectivity index is 1.90. The van der Waals surface area contributed by atoms with Gasteiger partial charge in [0.2, 0.25) is 0 Å². The first-order valence-electron chi connectivity index (χ1n) is 6.78. The van der Waals surface area contributed by atoms with E-state index in [1.165, 1.54) is 12.1 Å². The monoisotopic (exact) mass is 315 g/mol. The molecule has 0 fully saturated rings. The maximum absolute atomic E-state index is 11.9. The summed E-state index contributed by atoms with van der Waals surface area (Å²) in [5, 5.41) is 0. The molecule has 2 aromatic rings. The highest BCUT2D eigenvalue weighted by Crippen LogP contribution is 2.13. The molecule has 0 atom stereocenters. The fourth-order valence-electron chi connectivity index (χ4n) is 1.76. The van der Waals surface area contributed by atoms with Gasteiger partial charge in [0, 0.05) is 17.7 Å². The van der Waals surface area contributed by atoms with Gasteiger partial charge < -0.3 is 5.73 Å². The first kappa shape index (κ1) is 16.1. The summed E-state index contributed by atoms with van der Waals surface area (Å²) in [5.74, 6) is 5.78.